The topological polar surface area (TPSA) is 75.7 Å². The summed E-state index contributed by atoms with van der Waals surface area (Å²) in [6, 6.07) is 13.9. The first kappa shape index (κ1) is 31.8. The summed E-state index contributed by atoms with van der Waals surface area (Å²) in [7, 11) is 0. The van der Waals surface area contributed by atoms with Crippen molar-refractivity contribution in [3.05, 3.63) is 65.0 Å². The van der Waals surface area contributed by atoms with Crippen LogP contribution < -0.4 is 4.57 Å². The van der Waals surface area contributed by atoms with Crippen molar-refractivity contribution >= 4 is 29.4 Å². The number of ether oxygens (including phenoxy) is 1. The van der Waals surface area contributed by atoms with E-state index in [1.54, 1.807) is 11.0 Å². The van der Waals surface area contributed by atoms with Gasteiger partial charge in [-0.1, -0.05) is 38.1 Å². The van der Waals surface area contributed by atoms with Gasteiger partial charge in [-0.15, -0.1) is 0 Å². The molecule has 1 saturated heterocycles. The minimum Gasteiger partial charge on any atom is -0.444 e. The third-order valence-corrected chi connectivity index (χ3v) is 7.53. The Balaban J connectivity index is 0.00000226. The van der Waals surface area contributed by atoms with Gasteiger partial charge in [0.1, 0.15) is 12.1 Å². The summed E-state index contributed by atoms with van der Waals surface area (Å²) in [5.74, 6) is 0.970. The molecule has 0 aliphatic carbocycles. The Morgan fingerprint density at radius 1 is 1.07 bits per heavy atom. The molecule has 3 aromatic rings. The van der Waals surface area contributed by atoms with Crippen LogP contribution in [0.5, 0.6) is 0 Å². The molecule has 0 bridgehead atoms. The Labute approximate surface area is 244 Å². The third-order valence-electron chi connectivity index (χ3n) is 7.53. The van der Waals surface area contributed by atoms with Gasteiger partial charge in [-0.25, -0.2) is 13.9 Å². The van der Waals surface area contributed by atoms with Crippen molar-refractivity contribution in [1.82, 2.24) is 14.4 Å². The standard InChI is InChI=1S/C31H41N4O4.C2H6/c1-7-34-26-14-13-24(23-15-17-32(18-16-23)30(38)39-31(4,5)6)19-27(26)35(8-2)28(34)20-33(21-36)29(37)25-12-10-9-11-22(25)3;1-2/h9-14,19,21,23H,7-8,15-18,20H2,1-6H3;1-2H3/q+1;. The maximum atomic E-state index is 13.3. The lowest BCUT2D eigenvalue weighted by Gasteiger charge is -2.33. The predicted molar refractivity (Wildman–Crippen MR) is 162 cm³/mol. The second-order valence-corrected chi connectivity index (χ2v) is 11.2. The van der Waals surface area contributed by atoms with Gasteiger partial charge in [0.05, 0.1) is 13.1 Å². The first-order valence-electron chi connectivity index (χ1n) is 14.9. The Morgan fingerprint density at radius 3 is 2.29 bits per heavy atom. The molecule has 1 aliphatic rings. The van der Waals surface area contributed by atoms with Crippen LogP contribution in [0.1, 0.15) is 94.5 Å². The van der Waals surface area contributed by atoms with Gasteiger partial charge < -0.3 is 9.64 Å². The number of hydrogen-bond acceptors (Lipinski definition) is 4. The lowest BCUT2D eigenvalue weighted by atomic mass is 9.89. The van der Waals surface area contributed by atoms with Gasteiger partial charge in [0, 0.05) is 18.7 Å². The van der Waals surface area contributed by atoms with Crippen molar-refractivity contribution < 1.29 is 23.7 Å². The van der Waals surface area contributed by atoms with Crippen molar-refractivity contribution in [2.75, 3.05) is 13.1 Å². The molecule has 8 nitrogen and oxygen atoms in total. The van der Waals surface area contributed by atoms with E-state index in [0.29, 0.717) is 37.5 Å². The highest BCUT2D eigenvalue weighted by atomic mass is 16.6. The van der Waals surface area contributed by atoms with Crippen LogP contribution in [0.4, 0.5) is 4.79 Å². The Kier molecular flexibility index (Phi) is 10.7. The lowest BCUT2D eigenvalue weighted by Crippen LogP contribution is -2.41. The van der Waals surface area contributed by atoms with Gasteiger partial charge in [-0.05, 0) is 89.6 Å². The average Bonchev–Trinajstić information content (AvgIpc) is 3.27. The molecule has 2 aromatic carbocycles. The fourth-order valence-electron chi connectivity index (χ4n) is 5.54. The minimum atomic E-state index is -0.499. The maximum absolute atomic E-state index is 13.3. The number of nitrogens with zero attached hydrogens (tertiary/aromatic N) is 4. The molecule has 1 aromatic heterocycles. The number of carbonyl (C=O) groups is 3. The van der Waals surface area contributed by atoms with E-state index in [-0.39, 0.29) is 18.5 Å². The molecule has 222 valence electrons. The van der Waals surface area contributed by atoms with Crippen LogP contribution in [0.15, 0.2) is 42.5 Å². The quantitative estimate of drug-likeness (QED) is 0.253. The molecule has 1 aliphatic heterocycles. The number of imidazole rings is 1. The number of piperidine rings is 1. The largest absolute Gasteiger partial charge is 0.444 e. The van der Waals surface area contributed by atoms with Crippen LogP contribution in [-0.2, 0) is 29.2 Å². The van der Waals surface area contributed by atoms with Gasteiger partial charge in [0.25, 0.3) is 11.7 Å². The summed E-state index contributed by atoms with van der Waals surface area (Å²) >= 11 is 0. The second kappa shape index (κ2) is 13.8. The number of imide groups is 1. The number of carbonyl (C=O) groups excluding carboxylic acids is 3. The van der Waals surface area contributed by atoms with E-state index in [9.17, 15) is 14.4 Å². The molecule has 3 amide bonds. The highest BCUT2D eigenvalue weighted by Gasteiger charge is 2.31. The predicted octanol–water partition coefficient (Wildman–Crippen LogP) is 6.22. The van der Waals surface area contributed by atoms with E-state index in [2.05, 4.69) is 41.2 Å². The zero-order valence-electron chi connectivity index (χ0n) is 26.1. The zero-order chi connectivity index (χ0) is 30.3. The number of amides is 3. The summed E-state index contributed by atoms with van der Waals surface area (Å²) in [4.78, 5) is 41.0. The number of aromatic nitrogens is 2. The van der Waals surface area contributed by atoms with Crippen LogP contribution in [0.3, 0.4) is 0 Å². The summed E-state index contributed by atoms with van der Waals surface area (Å²) in [6.45, 7) is 18.7. The molecule has 1 fully saturated rings. The molecule has 0 unspecified atom stereocenters. The molecule has 0 N–H and O–H groups in total. The van der Waals surface area contributed by atoms with E-state index in [1.165, 1.54) is 10.5 Å². The number of fused-ring (bicyclic) bond motifs is 1. The van der Waals surface area contributed by atoms with Gasteiger partial charge in [0.2, 0.25) is 6.41 Å². The first-order chi connectivity index (χ1) is 19.6. The van der Waals surface area contributed by atoms with Gasteiger partial charge in [-0.2, -0.15) is 0 Å². The normalized spacial score (nSPS) is 13.9. The fourth-order valence-corrected chi connectivity index (χ4v) is 5.54. The van der Waals surface area contributed by atoms with Crippen LogP contribution >= 0.6 is 0 Å². The molecule has 41 heavy (non-hydrogen) atoms. The molecule has 2 heterocycles. The summed E-state index contributed by atoms with van der Waals surface area (Å²) in [5, 5.41) is 0. The van der Waals surface area contributed by atoms with E-state index in [4.69, 9.17) is 4.74 Å². The van der Waals surface area contributed by atoms with E-state index in [0.717, 1.165) is 41.8 Å². The van der Waals surface area contributed by atoms with Crippen molar-refractivity contribution in [2.24, 2.45) is 0 Å². The fraction of sp³-hybridized carbons (Fsp3) is 0.515. The zero-order valence-corrected chi connectivity index (χ0v) is 26.1. The van der Waals surface area contributed by atoms with E-state index >= 15 is 0 Å². The molecule has 0 spiro atoms. The second-order valence-electron chi connectivity index (χ2n) is 11.2. The summed E-state index contributed by atoms with van der Waals surface area (Å²) < 4.78 is 9.95. The Hall–Kier alpha value is -3.68. The van der Waals surface area contributed by atoms with Crippen LogP contribution in [0, 0.1) is 6.92 Å². The highest BCUT2D eigenvalue weighted by Crippen LogP contribution is 2.31. The molecule has 4 rings (SSSR count). The molecule has 0 radical (unpaired) electrons. The molecule has 8 heteroatoms. The number of aryl methyl sites for hydroxylation is 3. The third kappa shape index (κ3) is 7.16. The van der Waals surface area contributed by atoms with Gasteiger partial charge in [-0.3, -0.25) is 14.5 Å². The lowest BCUT2D eigenvalue weighted by molar-refractivity contribution is -0.677. The van der Waals surface area contributed by atoms with E-state index in [1.807, 2.05) is 59.7 Å². The molecule has 0 atom stereocenters. The van der Waals surface area contributed by atoms with Crippen LogP contribution in [-0.4, -0.2) is 51.5 Å². The molecule has 0 saturated carbocycles. The van der Waals surface area contributed by atoms with Gasteiger partial charge in [0.15, 0.2) is 11.0 Å². The number of rotatable bonds is 7. The van der Waals surface area contributed by atoms with Crippen LogP contribution in [0.25, 0.3) is 11.0 Å². The number of likely N-dealkylation sites (tertiary alicyclic amines) is 1. The first-order valence-corrected chi connectivity index (χ1v) is 14.9. The molecular formula is C33H47N4O4+. The van der Waals surface area contributed by atoms with Crippen molar-refractivity contribution in [1.29, 1.82) is 0 Å². The molecular weight excluding hydrogens is 516 g/mol. The Morgan fingerprint density at radius 2 is 1.73 bits per heavy atom. The summed E-state index contributed by atoms with van der Waals surface area (Å²) in [6.07, 6.45) is 2.14. The van der Waals surface area contributed by atoms with Crippen molar-refractivity contribution in [3.8, 4) is 0 Å². The smallest absolute Gasteiger partial charge is 0.410 e. The van der Waals surface area contributed by atoms with Gasteiger partial charge >= 0.3 is 6.09 Å². The SMILES string of the molecule is CC.CCn1c(CN(C=O)C(=O)c2ccccc2C)[n+](CC)c2ccc(C3CCN(C(=O)OC(C)(C)C)CC3)cc21. The minimum absolute atomic E-state index is 0.191. The van der Waals surface area contributed by atoms with E-state index < -0.39 is 5.60 Å². The maximum Gasteiger partial charge on any atom is 0.410 e. The monoisotopic (exact) mass is 563 g/mol. The Bertz CT molecular complexity index is 1360. The van der Waals surface area contributed by atoms with Crippen molar-refractivity contribution in [3.63, 3.8) is 0 Å². The number of hydrogen-bond donors (Lipinski definition) is 0. The number of benzene rings is 2. The summed E-state index contributed by atoms with van der Waals surface area (Å²) in [5.41, 5.74) is 4.30. The highest BCUT2D eigenvalue weighted by molar-refractivity contribution is 6.00. The van der Waals surface area contributed by atoms with Crippen LogP contribution in [0.2, 0.25) is 0 Å². The van der Waals surface area contributed by atoms with Crippen molar-refractivity contribution in [2.45, 2.75) is 99.4 Å². The average molecular weight is 564 g/mol.